The van der Waals surface area contributed by atoms with Gasteiger partial charge in [0.2, 0.25) is 0 Å². The number of hydrogen-bond donors (Lipinski definition) is 3. The SMILES string of the molecule is CC(=O)[O-].CCO.CCO.[NH4+]. The summed E-state index contributed by atoms with van der Waals surface area (Å²) in [6, 6.07) is 0. The molecule has 0 aromatic carbocycles. The van der Waals surface area contributed by atoms with E-state index in [4.69, 9.17) is 20.1 Å². The molecule has 6 N–H and O–H groups in total. The van der Waals surface area contributed by atoms with Crippen LogP contribution in [0.5, 0.6) is 0 Å². The zero-order chi connectivity index (χ0) is 8.99. The first kappa shape index (κ1) is 22.4. The summed E-state index contributed by atoms with van der Waals surface area (Å²) in [5.74, 6) is -1.08. The van der Waals surface area contributed by atoms with Crippen LogP contribution in [0.2, 0.25) is 0 Å². The summed E-state index contributed by atoms with van der Waals surface area (Å²) >= 11 is 0. The van der Waals surface area contributed by atoms with Gasteiger partial charge < -0.3 is 26.3 Å². The highest BCUT2D eigenvalue weighted by Gasteiger charge is 1.46. The number of carbonyl (C=O) groups excluding carboxylic acids is 1. The van der Waals surface area contributed by atoms with E-state index in [0.717, 1.165) is 6.92 Å². The van der Waals surface area contributed by atoms with Crippen molar-refractivity contribution in [2.75, 3.05) is 13.2 Å². The van der Waals surface area contributed by atoms with Gasteiger partial charge in [0.25, 0.3) is 0 Å². The molecule has 0 bridgehead atoms. The van der Waals surface area contributed by atoms with Crippen LogP contribution in [0, 0.1) is 0 Å². The standard InChI is InChI=1S/C2H4O2.2C2H6O.H3N/c1-2(3)4;2*1-2-3;/h1H3,(H,3,4);2*3H,2H2,1H3;1H3. The summed E-state index contributed by atoms with van der Waals surface area (Å²) in [5, 5.41) is 24.0. The molecule has 5 nitrogen and oxygen atoms in total. The molecule has 0 saturated heterocycles. The van der Waals surface area contributed by atoms with Gasteiger partial charge in [-0.15, -0.1) is 0 Å². The Labute approximate surface area is 67.3 Å². The maximum Gasteiger partial charge on any atom is 0.0402 e. The topological polar surface area (TPSA) is 117 Å². The number of hydrogen-bond acceptors (Lipinski definition) is 4. The molecule has 72 valence electrons. The minimum atomic E-state index is -1.08. The fourth-order valence-corrected chi connectivity index (χ4v) is 0. The molecule has 0 rings (SSSR count). The summed E-state index contributed by atoms with van der Waals surface area (Å²) in [4.78, 5) is 8.89. The summed E-state index contributed by atoms with van der Waals surface area (Å²) < 4.78 is 0. The maximum absolute atomic E-state index is 8.89. The minimum absolute atomic E-state index is 0. The lowest BCUT2D eigenvalue weighted by Gasteiger charge is -1.77. The molecule has 0 aromatic heterocycles. The molecule has 0 unspecified atom stereocenters. The van der Waals surface area contributed by atoms with E-state index in [9.17, 15) is 0 Å². The highest BCUT2D eigenvalue weighted by atomic mass is 16.4. The first-order chi connectivity index (χ1) is 4.56. The van der Waals surface area contributed by atoms with Crippen LogP contribution >= 0.6 is 0 Å². The van der Waals surface area contributed by atoms with Crippen molar-refractivity contribution >= 4 is 5.97 Å². The van der Waals surface area contributed by atoms with E-state index in [-0.39, 0.29) is 19.4 Å². The van der Waals surface area contributed by atoms with E-state index in [2.05, 4.69) is 0 Å². The molecule has 0 aliphatic rings. The number of quaternary nitrogens is 1. The Kier molecular flexibility index (Phi) is 70.3. The van der Waals surface area contributed by atoms with Crippen molar-refractivity contribution in [3.05, 3.63) is 0 Å². The number of carboxylic acids is 1. The Hall–Kier alpha value is -0.650. The van der Waals surface area contributed by atoms with Gasteiger partial charge in [-0.3, -0.25) is 0 Å². The molecule has 0 atom stereocenters. The van der Waals surface area contributed by atoms with E-state index in [1.807, 2.05) is 0 Å². The monoisotopic (exact) mass is 169 g/mol. The van der Waals surface area contributed by atoms with Gasteiger partial charge in [-0.2, -0.15) is 0 Å². The number of aliphatic hydroxyl groups excluding tert-OH is 2. The Morgan fingerprint density at radius 1 is 1.27 bits per heavy atom. The fraction of sp³-hybridized carbons (Fsp3) is 0.833. The van der Waals surface area contributed by atoms with Crippen LogP contribution in [-0.4, -0.2) is 29.4 Å². The number of rotatable bonds is 0. The van der Waals surface area contributed by atoms with E-state index in [1.54, 1.807) is 13.8 Å². The van der Waals surface area contributed by atoms with Crippen molar-refractivity contribution in [2.24, 2.45) is 0 Å². The van der Waals surface area contributed by atoms with Gasteiger partial charge in [-0.25, -0.2) is 0 Å². The van der Waals surface area contributed by atoms with Crippen LogP contribution in [0.15, 0.2) is 0 Å². The predicted molar refractivity (Wildman–Crippen MR) is 42.2 cm³/mol. The summed E-state index contributed by atoms with van der Waals surface area (Å²) in [7, 11) is 0. The second-order valence-electron chi connectivity index (χ2n) is 1.12. The maximum atomic E-state index is 8.89. The van der Waals surface area contributed by atoms with E-state index in [1.165, 1.54) is 0 Å². The second kappa shape index (κ2) is 34.5. The molecule has 0 spiro atoms. The van der Waals surface area contributed by atoms with Gasteiger partial charge in [-0.05, 0) is 20.8 Å². The molecule has 0 aliphatic heterocycles. The molecule has 5 heteroatoms. The van der Waals surface area contributed by atoms with Crippen LogP contribution in [0.4, 0.5) is 0 Å². The average molecular weight is 169 g/mol. The molecular weight excluding hydrogens is 150 g/mol. The second-order valence-corrected chi connectivity index (χ2v) is 1.12. The average Bonchev–Trinajstić information content (AvgIpc) is 1.65. The predicted octanol–water partition coefficient (Wildman–Crippen LogP) is -0.870. The Morgan fingerprint density at radius 3 is 1.27 bits per heavy atom. The van der Waals surface area contributed by atoms with Gasteiger partial charge in [0.1, 0.15) is 0 Å². The molecule has 0 heterocycles. The van der Waals surface area contributed by atoms with E-state index >= 15 is 0 Å². The van der Waals surface area contributed by atoms with Crippen LogP contribution in [-0.2, 0) is 4.79 Å². The van der Waals surface area contributed by atoms with Crippen molar-refractivity contribution in [1.82, 2.24) is 6.15 Å². The quantitative estimate of drug-likeness (QED) is 0.437. The molecular formula is C6H19NO4. The first-order valence-corrected chi connectivity index (χ1v) is 2.95. The zero-order valence-corrected chi connectivity index (χ0v) is 7.63. The Morgan fingerprint density at radius 2 is 1.27 bits per heavy atom. The van der Waals surface area contributed by atoms with Crippen molar-refractivity contribution < 1.29 is 20.1 Å². The number of aliphatic hydroxyl groups is 2. The highest BCUT2D eigenvalue weighted by molar-refractivity contribution is 5.60. The molecule has 0 aromatic rings. The summed E-state index contributed by atoms with van der Waals surface area (Å²) in [5.41, 5.74) is 0. The number of carboxylic acid groups (broad SMARTS) is 1. The van der Waals surface area contributed by atoms with Crippen molar-refractivity contribution in [1.29, 1.82) is 0 Å². The van der Waals surface area contributed by atoms with E-state index < -0.39 is 5.97 Å². The largest absolute Gasteiger partial charge is 0.550 e. The Balaban J connectivity index is -0.0000000325. The number of carbonyl (C=O) groups is 1. The molecule has 0 aliphatic carbocycles. The molecule has 0 radical (unpaired) electrons. The Bertz CT molecular complexity index is 52.5. The smallest absolute Gasteiger partial charge is 0.0402 e. The highest BCUT2D eigenvalue weighted by Crippen LogP contribution is 1.31. The third-order valence-corrected chi connectivity index (χ3v) is 0. The molecule has 11 heavy (non-hydrogen) atoms. The lowest BCUT2D eigenvalue weighted by Crippen LogP contribution is -2.16. The van der Waals surface area contributed by atoms with Crippen LogP contribution in [0.25, 0.3) is 0 Å². The van der Waals surface area contributed by atoms with Crippen LogP contribution < -0.4 is 11.3 Å². The lowest BCUT2D eigenvalue weighted by atomic mass is 10.9. The third kappa shape index (κ3) is 1200. The molecule has 0 saturated carbocycles. The normalized spacial score (nSPS) is 5.55. The van der Waals surface area contributed by atoms with Crippen LogP contribution in [0.1, 0.15) is 20.8 Å². The molecule has 0 fully saturated rings. The summed E-state index contributed by atoms with van der Waals surface area (Å²) in [6.07, 6.45) is 0. The fourth-order valence-electron chi connectivity index (χ4n) is 0. The van der Waals surface area contributed by atoms with Crippen molar-refractivity contribution in [2.45, 2.75) is 20.8 Å². The zero-order valence-electron chi connectivity index (χ0n) is 7.63. The van der Waals surface area contributed by atoms with E-state index in [0.29, 0.717) is 0 Å². The van der Waals surface area contributed by atoms with Crippen LogP contribution in [0.3, 0.4) is 0 Å². The van der Waals surface area contributed by atoms with Gasteiger partial charge in [0.15, 0.2) is 0 Å². The number of aliphatic carboxylic acids is 1. The van der Waals surface area contributed by atoms with Gasteiger partial charge in [0, 0.05) is 19.2 Å². The summed E-state index contributed by atoms with van der Waals surface area (Å²) in [6.45, 7) is 4.83. The molecule has 0 amide bonds. The lowest BCUT2D eigenvalue weighted by molar-refractivity contribution is -0.302. The van der Waals surface area contributed by atoms with Gasteiger partial charge in [0.05, 0.1) is 0 Å². The first-order valence-electron chi connectivity index (χ1n) is 2.95. The van der Waals surface area contributed by atoms with Crippen molar-refractivity contribution in [3.63, 3.8) is 0 Å². The minimum Gasteiger partial charge on any atom is -0.550 e. The van der Waals surface area contributed by atoms with Gasteiger partial charge in [-0.1, -0.05) is 0 Å². The third-order valence-electron chi connectivity index (χ3n) is 0. The van der Waals surface area contributed by atoms with Crippen molar-refractivity contribution in [3.8, 4) is 0 Å². The van der Waals surface area contributed by atoms with Gasteiger partial charge >= 0.3 is 0 Å².